The van der Waals surface area contributed by atoms with Gasteiger partial charge in [-0.05, 0) is 66.8 Å². The summed E-state index contributed by atoms with van der Waals surface area (Å²) < 4.78 is 35.7. The van der Waals surface area contributed by atoms with Crippen LogP contribution in [0.5, 0.6) is 0 Å². The number of benzene rings is 2. The van der Waals surface area contributed by atoms with Crippen molar-refractivity contribution < 1.29 is 23.1 Å². The molecule has 2 aromatic carbocycles. The highest BCUT2D eigenvalue weighted by Gasteiger charge is 2.50. The number of Topliss-reactive ketones (excluding diaryl/α,β-unsaturated/α-hetero) is 1. The highest BCUT2D eigenvalue weighted by Crippen LogP contribution is 2.59. The van der Waals surface area contributed by atoms with Gasteiger partial charge in [-0.25, -0.2) is 0 Å². The summed E-state index contributed by atoms with van der Waals surface area (Å²) in [7, 11) is 0. The molecule has 0 aliphatic heterocycles. The van der Waals surface area contributed by atoms with E-state index in [9.17, 15) is 18.4 Å². The first-order chi connectivity index (χ1) is 13.8. The zero-order valence-electron chi connectivity index (χ0n) is 15.6. The summed E-state index contributed by atoms with van der Waals surface area (Å²) in [6.45, 7) is -0.412. The number of fused-ring (bicyclic) bond motifs is 3. The van der Waals surface area contributed by atoms with E-state index in [1.807, 2.05) is 0 Å². The lowest BCUT2D eigenvalue weighted by atomic mass is 10.0. The van der Waals surface area contributed by atoms with Crippen molar-refractivity contribution in [3.05, 3.63) is 57.6 Å². The van der Waals surface area contributed by atoms with Crippen LogP contribution in [0.15, 0.2) is 40.9 Å². The van der Waals surface area contributed by atoms with Crippen LogP contribution in [-0.4, -0.2) is 18.4 Å². The minimum Gasteiger partial charge on any atom is -0.457 e. The molecule has 0 heterocycles. The molecule has 6 heteroatoms. The number of ether oxygens (including phenoxy) is 1. The van der Waals surface area contributed by atoms with Gasteiger partial charge in [0.05, 0.1) is 5.92 Å². The van der Waals surface area contributed by atoms with Gasteiger partial charge < -0.3 is 4.74 Å². The maximum absolute atomic E-state index is 14.9. The third-order valence-electron chi connectivity index (χ3n) is 6.63. The summed E-state index contributed by atoms with van der Waals surface area (Å²) >= 11 is 3.24. The van der Waals surface area contributed by atoms with Crippen molar-refractivity contribution in [3.63, 3.8) is 0 Å². The van der Waals surface area contributed by atoms with Crippen LogP contribution in [0.1, 0.15) is 53.6 Å². The van der Waals surface area contributed by atoms with E-state index in [0.29, 0.717) is 21.0 Å². The number of carbonyl (C=O) groups is 2. The molecule has 2 fully saturated rings. The number of hydrogen-bond donors (Lipinski definition) is 0. The maximum Gasteiger partial charge on any atom is 0.309 e. The van der Waals surface area contributed by atoms with Crippen LogP contribution in [0.4, 0.5) is 8.78 Å². The van der Waals surface area contributed by atoms with Crippen molar-refractivity contribution in [2.75, 3.05) is 6.61 Å². The highest BCUT2D eigenvalue weighted by molar-refractivity contribution is 9.10. The smallest absolute Gasteiger partial charge is 0.309 e. The Balaban J connectivity index is 1.31. The minimum absolute atomic E-state index is 0.0758. The zero-order chi connectivity index (χ0) is 20.4. The number of ketones is 1. The minimum atomic E-state index is -3.18. The molecule has 0 aromatic heterocycles. The molecule has 2 aromatic rings. The second-order valence-corrected chi connectivity index (χ2v) is 9.41. The Morgan fingerprint density at radius 3 is 2.41 bits per heavy atom. The van der Waals surface area contributed by atoms with Crippen LogP contribution in [0, 0.1) is 11.3 Å². The van der Waals surface area contributed by atoms with E-state index in [1.165, 1.54) is 31.0 Å². The summed E-state index contributed by atoms with van der Waals surface area (Å²) in [5.41, 5.74) is 1.11. The average Bonchev–Trinajstić information content (AvgIpc) is 3.27. The fourth-order valence-electron chi connectivity index (χ4n) is 4.75. The summed E-state index contributed by atoms with van der Waals surface area (Å²) in [4.78, 5) is 24.8. The molecule has 150 valence electrons. The predicted molar refractivity (Wildman–Crippen MR) is 107 cm³/mol. The molecule has 3 aliphatic rings. The Morgan fingerprint density at radius 1 is 1.03 bits per heavy atom. The van der Waals surface area contributed by atoms with Gasteiger partial charge in [0.15, 0.2) is 12.4 Å². The molecule has 3 aliphatic carbocycles. The lowest BCUT2D eigenvalue weighted by Crippen LogP contribution is -2.20. The SMILES string of the molecule is O=C(COC(=O)C1CCC2(CC2)C1)c1ccc2c(c1)C(F)(F)c1cc(Br)ccc1-2. The van der Waals surface area contributed by atoms with Gasteiger partial charge >= 0.3 is 5.97 Å². The largest absolute Gasteiger partial charge is 0.457 e. The normalized spacial score (nSPS) is 22.2. The summed E-state index contributed by atoms with van der Waals surface area (Å²) in [6.07, 6.45) is 5.07. The van der Waals surface area contributed by atoms with Crippen LogP contribution in [-0.2, 0) is 15.5 Å². The Morgan fingerprint density at radius 2 is 1.72 bits per heavy atom. The highest BCUT2D eigenvalue weighted by atomic mass is 79.9. The van der Waals surface area contributed by atoms with Crippen molar-refractivity contribution in [2.24, 2.45) is 11.3 Å². The first-order valence-corrected chi connectivity index (χ1v) is 10.6. The van der Waals surface area contributed by atoms with E-state index in [2.05, 4.69) is 15.9 Å². The van der Waals surface area contributed by atoms with Gasteiger partial charge in [0.2, 0.25) is 0 Å². The molecule has 0 bridgehead atoms. The van der Waals surface area contributed by atoms with Crippen molar-refractivity contribution in [3.8, 4) is 11.1 Å². The number of hydrogen-bond acceptors (Lipinski definition) is 3. The number of esters is 1. The van der Waals surface area contributed by atoms with E-state index in [4.69, 9.17) is 4.74 Å². The molecular weight excluding hydrogens is 442 g/mol. The van der Waals surface area contributed by atoms with Crippen LogP contribution in [0.25, 0.3) is 11.1 Å². The fraction of sp³-hybridized carbons (Fsp3) is 0.391. The quantitative estimate of drug-likeness (QED) is 0.422. The summed E-state index contributed by atoms with van der Waals surface area (Å²) in [6, 6.07) is 9.08. The van der Waals surface area contributed by atoms with Gasteiger partial charge in [-0.1, -0.05) is 34.1 Å². The van der Waals surface area contributed by atoms with Gasteiger partial charge in [0.25, 0.3) is 5.92 Å². The topological polar surface area (TPSA) is 43.4 Å². The molecule has 0 amide bonds. The molecule has 1 atom stereocenters. The zero-order valence-corrected chi connectivity index (χ0v) is 17.2. The molecule has 5 rings (SSSR count). The van der Waals surface area contributed by atoms with E-state index >= 15 is 0 Å². The molecule has 0 saturated heterocycles. The Labute approximate surface area is 175 Å². The molecule has 29 heavy (non-hydrogen) atoms. The number of rotatable bonds is 4. The molecule has 1 spiro atoms. The first-order valence-electron chi connectivity index (χ1n) is 9.82. The van der Waals surface area contributed by atoms with E-state index in [0.717, 1.165) is 19.3 Å². The third-order valence-corrected chi connectivity index (χ3v) is 7.12. The van der Waals surface area contributed by atoms with Crippen molar-refractivity contribution in [1.29, 1.82) is 0 Å². The molecule has 2 saturated carbocycles. The number of alkyl halides is 2. The second-order valence-electron chi connectivity index (χ2n) is 8.50. The van der Waals surface area contributed by atoms with E-state index < -0.39 is 18.3 Å². The Bertz CT molecular complexity index is 1040. The van der Waals surface area contributed by atoms with Gasteiger partial charge in [-0.15, -0.1) is 0 Å². The first kappa shape index (κ1) is 18.9. The summed E-state index contributed by atoms with van der Waals surface area (Å²) in [5, 5.41) is 0. The van der Waals surface area contributed by atoms with Crippen LogP contribution < -0.4 is 0 Å². The van der Waals surface area contributed by atoms with Gasteiger partial charge in [0.1, 0.15) is 0 Å². The van der Waals surface area contributed by atoms with Crippen molar-refractivity contribution >= 4 is 27.7 Å². The predicted octanol–water partition coefficient (Wildman–Crippen LogP) is 5.88. The molecule has 3 nitrogen and oxygen atoms in total. The van der Waals surface area contributed by atoms with Crippen LogP contribution in [0.2, 0.25) is 0 Å². The Kier molecular flexibility index (Phi) is 4.21. The van der Waals surface area contributed by atoms with Gasteiger partial charge in [-0.3, -0.25) is 9.59 Å². The molecule has 0 N–H and O–H groups in total. The average molecular weight is 461 g/mol. The Hall–Kier alpha value is -2.08. The van der Waals surface area contributed by atoms with Crippen LogP contribution >= 0.6 is 15.9 Å². The van der Waals surface area contributed by atoms with Crippen LogP contribution in [0.3, 0.4) is 0 Å². The third kappa shape index (κ3) is 3.12. The standard InChI is InChI=1S/C23H19BrF2O3/c24-15-2-4-17-16-3-1-13(9-18(16)23(25,26)19(17)10-15)20(27)12-29-21(28)14-5-6-22(11-14)7-8-22/h1-4,9-10,14H,5-8,11-12H2. The monoisotopic (exact) mass is 460 g/mol. The second kappa shape index (κ2) is 6.46. The van der Waals surface area contributed by atoms with E-state index in [-0.39, 0.29) is 28.6 Å². The maximum atomic E-state index is 14.9. The molecule has 0 radical (unpaired) electrons. The number of carbonyl (C=O) groups excluding carboxylic acids is 2. The van der Waals surface area contributed by atoms with Gasteiger partial charge in [0, 0.05) is 21.2 Å². The van der Waals surface area contributed by atoms with Crippen molar-refractivity contribution in [1.82, 2.24) is 0 Å². The van der Waals surface area contributed by atoms with E-state index in [1.54, 1.807) is 18.2 Å². The van der Waals surface area contributed by atoms with Crippen molar-refractivity contribution in [2.45, 2.75) is 38.0 Å². The lowest BCUT2D eigenvalue weighted by molar-refractivity contribution is -0.147. The fourth-order valence-corrected chi connectivity index (χ4v) is 5.11. The molecule has 1 unspecified atom stereocenters. The lowest BCUT2D eigenvalue weighted by Gasteiger charge is -2.13. The molecular formula is C23H19BrF2O3. The van der Waals surface area contributed by atoms with Gasteiger partial charge in [-0.2, -0.15) is 8.78 Å². The number of halogens is 3. The summed E-state index contributed by atoms with van der Waals surface area (Å²) in [5.74, 6) is -4.12.